The summed E-state index contributed by atoms with van der Waals surface area (Å²) in [5, 5.41) is 11.3. The number of benzene rings is 2. The standard InChI is InChI=1S/C33H39ClN2O5S/c34-25-11-13-27-22(16-25)4-3-15-33(27)19-36-18-24-9-12-26(24)29(37)5-1-2-6-31(21-7-8-21)42(39,40)35-32(38)23-10-14-30(41-20-33)28(36)17-23/h1,5,10-11,13-14,16-17,21,24,26,29,31,37H,2-4,6-9,12,15,18-20H2,(H,35,38)/b5-1+/t24-,26+,29-,31?,33-/m0/s1. The van der Waals surface area contributed by atoms with Gasteiger partial charge in [-0.3, -0.25) is 4.79 Å². The fourth-order valence-corrected chi connectivity index (χ4v) is 9.77. The van der Waals surface area contributed by atoms with Crippen molar-refractivity contribution in [1.82, 2.24) is 4.72 Å². The normalized spacial score (nSPS) is 33.3. The largest absolute Gasteiger partial charge is 0.490 e. The molecule has 7 rings (SSSR count). The second-order valence-electron chi connectivity index (χ2n) is 13.1. The van der Waals surface area contributed by atoms with Gasteiger partial charge < -0.3 is 14.7 Å². The lowest BCUT2D eigenvalue weighted by molar-refractivity contribution is 0.0456. The molecule has 9 heteroatoms. The number of nitrogens with one attached hydrogen (secondary N) is 1. The minimum Gasteiger partial charge on any atom is -0.490 e. The van der Waals surface area contributed by atoms with Gasteiger partial charge in [-0.2, -0.15) is 0 Å². The highest BCUT2D eigenvalue weighted by Crippen LogP contribution is 2.47. The number of aryl methyl sites for hydroxylation is 1. The van der Waals surface area contributed by atoms with E-state index in [1.54, 1.807) is 12.1 Å². The molecule has 2 aromatic rings. The third-order valence-electron chi connectivity index (χ3n) is 10.4. The number of carbonyl (C=O) groups is 1. The summed E-state index contributed by atoms with van der Waals surface area (Å²) < 4.78 is 35.7. The van der Waals surface area contributed by atoms with Crippen molar-refractivity contribution in [1.29, 1.82) is 0 Å². The monoisotopic (exact) mass is 610 g/mol. The number of allylic oxidation sites excluding steroid dienone is 1. The molecule has 7 nitrogen and oxygen atoms in total. The zero-order valence-corrected chi connectivity index (χ0v) is 25.4. The van der Waals surface area contributed by atoms with E-state index in [4.69, 9.17) is 16.3 Å². The van der Waals surface area contributed by atoms with E-state index in [2.05, 4.69) is 21.8 Å². The maximum absolute atomic E-state index is 13.4. The summed E-state index contributed by atoms with van der Waals surface area (Å²) in [6.45, 7) is 1.94. The first-order valence-corrected chi connectivity index (χ1v) is 17.4. The Morgan fingerprint density at radius 2 is 1.88 bits per heavy atom. The molecule has 3 aliphatic carbocycles. The number of nitrogens with zero attached hydrogens (tertiary/aromatic N) is 1. The SMILES string of the molecule is O=C1NS(=O)(=O)C(C2CC2)CC/C=C/[C@H](O)[C@@H]2CC[C@H]2CN2C[C@@]3(CCCc4cc(Cl)ccc43)COc3ccc1cc32. The van der Waals surface area contributed by atoms with Gasteiger partial charge in [0.2, 0.25) is 10.0 Å². The van der Waals surface area contributed by atoms with Gasteiger partial charge in [-0.25, -0.2) is 13.1 Å². The average Bonchev–Trinajstić information content (AvgIpc) is 3.78. The molecule has 2 fully saturated rings. The highest BCUT2D eigenvalue weighted by Gasteiger charge is 2.45. The van der Waals surface area contributed by atoms with Crippen LogP contribution in [0.25, 0.3) is 0 Å². The Balaban J connectivity index is 1.29. The summed E-state index contributed by atoms with van der Waals surface area (Å²) in [6, 6.07) is 11.5. The van der Waals surface area contributed by atoms with Gasteiger partial charge in [0.05, 0.1) is 23.6 Å². The quantitative estimate of drug-likeness (QED) is 0.421. The summed E-state index contributed by atoms with van der Waals surface area (Å²) in [5.41, 5.74) is 3.39. The number of hydrogen-bond donors (Lipinski definition) is 2. The number of rotatable bonds is 1. The number of aliphatic hydroxyl groups is 1. The molecule has 2 aliphatic heterocycles. The molecule has 2 N–H and O–H groups in total. The molecule has 1 amide bonds. The predicted octanol–water partition coefficient (Wildman–Crippen LogP) is 5.39. The van der Waals surface area contributed by atoms with Crippen molar-refractivity contribution in [2.45, 2.75) is 74.6 Å². The maximum Gasteiger partial charge on any atom is 0.264 e. The molecule has 2 bridgehead atoms. The van der Waals surface area contributed by atoms with Crippen molar-refractivity contribution >= 4 is 33.2 Å². The molecule has 1 spiro atoms. The summed E-state index contributed by atoms with van der Waals surface area (Å²) in [6.07, 6.45) is 10.9. The van der Waals surface area contributed by atoms with Gasteiger partial charge in [0.1, 0.15) is 5.75 Å². The van der Waals surface area contributed by atoms with E-state index in [1.165, 1.54) is 11.1 Å². The molecule has 42 heavy (non-hydrogen) atoms. The van der Waals surface area contributed by atoms with Crippen molar-refractivity contribution in [2.75, 3.05) is 24.6 Å². The average molecular weight is 611 g/mol. The number of amides is 1. The minimum atomic E-state index is -3.86. The van der Waals surface area contributed by atoms with Crippen molar-refractivity contribution in [3.63, 3.8) is 0 Å². The molecule has 2 saturated carbocycles. The number of hydrogen-bond acceptors (Lipinski definition) is 6. The van der Waals surface area contributed by atoms with E-state index < -0.39 is 27.3 Å². The third kappa shape index (κ3) is 5.24. The Bertz CT molecular complexity index is 1520. The van der Waals surface area contributed by atoms with Crippen LogP contribution in [0.4, 0.5) is 5.69 Å². The summed E-state index contributed by atoms with van der Waals surface area (Å²) in [4.78, 5) is 15.8. The highest BCUT2D eigenvalue weighted by molar-refractivity contribution is 7.90. The lowest BCUT2D eigenvalue weighted by atomic mass is 9.68. The number of aliphatic hydroxyl groups excluding tert-OH is 1. The number of carbonyl (C=O) groups excluding carboxylic acids is 1. The number of fused-ring (bicyclic) bond motifs is 4. The van der Waals surface area contributed by atoms with Gasteiger partial charge in [-0.15, -0.1) is 0 Å². The van der Waals surface area contributed by atoms with E-state index >= 15 is 0 Å². The van der Waals surface area contributed by atoms with Crippen LogP contribution in [-0.4, -0.2) is 50.5 Å². The third-order valence-corrected chi connectivity index (χ3v) is 12.5. The fourth-order valence-electron chi connectivity index (χ4n) is 7.82. The lowest BCUT2D eigenvalue weighted by Crippen LogP contribution is -2.49. The van der Waals surface area contributed by atoms with Crippen LogP contribution in [0.2, 0.25) is 5.02 Å². The predicted molar refractivity (Wildman–Crippen MR) is 164 cm³/mol. The fraction of sp³-hybridized carbons (Fsp3) is 0.545. The maximum atomic E-state index is 13.4. The van der Waals surface area contributed by atoms with Crippen LogP contribution >= 0.6 is 11.6 Å². The second kappa shape index (κ2) is 10.9. The first-order chi connectivity index (χ1) is 20.2. The molecule has 5 atom stereocenters. The van der Waals surface area contributed by atoms with Gasteiger partial charge in [0.15, 0.2) is 0 Å². The number of ether oxygens (including phenoxy) is 1. The molecule has 0 radical (unpaired) electrons. The van der Waals surface area contributed by atoms with Gasteiger partial charge in [0, 0.05) is 29.1 Å². The Morgan fingerprint density at radius 1 is 1.05 bits per heavy atom. The van der Waals surface area contributed by atoms with Gasteiger partial charge >= 0.3 is 0 Å². The van der Waals surface area contributed by atoms with Crippen LogP contribution < -0.4 is 14.4 Å². The molecule has 5 aliphatic rings. The van der Waals surface area contributed by atoms with E-state index in [1.807, 2.05) is 24.3 Å². The molecular formula is C33H39ClN2O5S. The van der Waals surface area contributed by atoms with Crippen LogP contribution in [0.15, 0.2) is 48.6 Å². The van der Waals surface area contributed by atoms with Crippen molar-refractivity contribution < 1.29 is 23.1 Å². The van der Waals surface area contributed by atoms with Crippen LogP contribution in [0.5, 0.6) is 5.75 Å². The van der Waals surface area contributed by atoms with Crippen LogP contribution in [0.3, 0.4) is 0 Å². The first kappa shape index (κ1) is 28.2. The van der Waals surface area contributed by atoms with E-state index in [9.17, 15) is 18.3 Å². The first-order valence-electron chi connectivity index (χ1n) is 15.4. The van der Waals surface area contributed by atoms with Crippen LogP contribution in [-0.2, 0) is 21.9 Å². The highest BCUT2D eigenvalue weighted by atomic mass is 35.5. The molecule has 2 aromatic carbocycles. The molecule has 0 aromatic heterocycles. The van der Waals surface area contributed by atoms with Gasteiger partial charge in [-0.05, 0) is 117 Å². The van der Waals surface area contributed by atoms with Crippen LogP contribution in [0.1, 0.15) is 72.9 Å². The summed E-state index contributed by atoms with van der Waals surface area (Å²) in [5.74, 6) is 0.611. The topological polar surface area (TPSA) is 95.9 Å². The zero-order valence-electron chi connectivity index (χ0n) is 23.8. The number of anilines is 1. The molecule has 224 valence electrons. The molecule has 2 heterocycles. The van der Waals surface area contributed by atoms with E-state index in [0.29, 0.717) is 43.2 Å². The summed E-state index contributed by atoms with van der Waals surface area (Å²) in [7, 11) is -3.86. The van der Waals surface area contributed by atoms with Crippen molar-refractivity contribution in [3.05, 3.63) is 70.3 Å². The zero-order chi connectivity index (χ0) is 29.1. The summed E-state index contributed by atoms with van der Waals surface area (Å²) >= 11 is 6.39. The number of halogens is 1. The molecule has 0 saturated heterocycles. The minimum absolute atomic E-state index is 0.0731. The lowest BCUT2D eigenvalue weighted by Gasteiger charge is -2.45. The smallest absolute Gasteiger partial charge is 0.264 e. The van der Waals surface area contributed by atoms with Gasteiger partial charge in [-0.1, -0.05) is 29.8 Å². The molecule has 1 unspecified atom stereocenters. The molecular weight excluding hydrogens is 572 g/mol. The van der Waals surface area contributed by atoms with Crippen LogP contribution in [0, 0.1) is 17.8 Å². The second-order valence-corrected chi connectivity index (χ2v) is 15.5. The van der Waals surface area contributed by atoms with Gasteiger partial charge in [0.25, 0.3) is 5.91 Å². The van der Waals surface area contributed by atoms with Crippen molar-refractivity contribution in [2.24, 2.45) is 17.8 Å². The Hall–Kier alpha value is -2.55. The van der Waals surface area contributed by atoms with E-state index in [0.717, 1.165) is 62.2 Å². The number of sulfonamides is 1. The van der Waals surface area contributed by atoms with E-state index in [-0.39, 0.29) is 17.3 Å². The van der Waals surface area contributed by atoms with Crippen molar-refractivity contribution in [3.8, 4) is 5.75 Å². The Labute approximate surface area is 253 Å². The Kier molecular flexibility index (Phi) is 7.30. The Morgan fingerprint density at radius 3 is 2.67 bits per heavy atom.